The van der Waals surface area contributed by atoms with Crippen molar-refractivity contribution in [2.45, 2.75) is 12.6 Å². The standard InChI is InChI=1S/C19H13Cl2F3O4/c20-12-1-3-13(4-2-12)28-14-6-10-5-11(9-27-18(10)16(21)7-14)15(8-17(25)26)19(22,23)24/h1-7,15H,8-9H2,(H,25,26). The van der Waals surface area contributed by atoms with Gasteiger partial charge in [0.2, 0.25) is 0 Å². The van der Waals surface area contributed by atoms with Gasteiger partial charge >= 0.3 is 12.1 Å². The van der Waals surface area contributed by atoms with Crippen molar-refractivity contribution in [1.82, 2.24) is 0 Å². The molecule has 0 bridgehead atoms. The normalized spacial score (nSPS) is 14.5. The quantitative estimate of drug-likeness (QED) is 0.609. The molecule has 1 heterocycles. The van der Waals surface area contributed by atoms with Crippen LogP contribution in [0.4, 0.5) is 13.2 Å². The first kappa shape index (κ1) is 20.4. The number of carboxylic acid groups (broad SMARTS) is 1. The van der Waals surface area contributed by atoms with Gasteiger partial charge in [0.05, 0.1) is 17.4 Å². The van der Waals surface area contributed by atoms with Gasteiger partial charge in [-0.3, -0.25) is 4.79 Å². The molecule has 1 atom stereocenters. The Morgan fingerprint density at radius 2 is 1.86 bits per heavy atom. The Morgan fingerprint density at radius 3 is 2.46 bits per heavy atom. The lowest BCUT2D eigenvalue weighted by atomic mass is 9.92. The monoisotopic (exact) mass is 432 g/mol. The fourth-order valence-electron chi connectivity index (χ4n) is 2.78. The predicted octanol–water partition coefficient (Wildman–Crippen LogP) is 6.21. The van der Waals surface area contributed by atoms with Crippen molar-refractivity contribution >= 4 is 35.2 Å². The molecule has 0 spiro atoms. The fourth-order valence-corrected chi connectivity index (χ4v) is 3.17. The van der Waals surface area contributed by atoms with Crippen LogP contribution in [0.5, 0.6) is 17.2 Å². The van der Waals surface area contributed by atoms with Crippen molar-refractivity contribution in [1.29, 1.82) is 0 Å². The van der Waals surface area contributed by atoms with Crippen LogP contribution in [0, 0.1) is 5.92 Å². The summed E-state index contributed by atoms with van der Waals surface area (Å²) in [5.41, 5.74) is 0.0828. The van der Waals surface area contributed by atoms with Crippen LogP contribution >= 0.6 is 23.2 Å². The first-order valence-electron chi connectivity index (χ1n) is 8.02. The number of aliphatic carboxylic acids is 1. The molecule has 148 valence electrons. The summed E-state index contributed by atoms with van der Waals surface area (Å²) in [6.45, 7) is -0.401. The molecule has 1 aliphatic rings. The molecule has 9 heteroatoms. The predicted molar refractivity (Wildman–Crippen MR) is 98.2 cm³/mol. The maximum atomic E-state index is 13.3. The average molecular weight is 433 g/mol. The fraction of sp³-hybridized carbons (Fsp3) is 0.211. The van der Waals surface area contributed by atoms with Gasteiger partial charge in [-0.1, -0.05) is 23.2 Å². The second-order valence-electron chi connectivity index (χ2n) is 6.08. The highest BCUT2D eigenvalue weighted by molar-refractivity contribution is 6.32. The van der Waals surface area contributed by atoms with Crippen molar-refractivity contribution in [2.75, 3.05) is 6.61 Å². The smallest absolute Gasteiger partial charge is 0.396 e. The highest BCUT2D eigenvalue weighted by atomic mass is 35.5. The van der Waals surface area contributed by atoms with E-state index < -0.39 is 31.1 Å². The lowest BCUT2D eigenvalue weighted by Gasteiger charge is -2.26. The van der Waals surface area contributed by atoms with E-state index in [1.807, 2.05) is 0 Å². The summed E-state index contributed by atoms with van der Waals surface area (Å²) in [4.78, 5) is 10.9. The third-order valence-electron chi connectivity index (χ3n) is 4.04. The first-order valence-corrected chi connectivity index (χ1v) is 8.78. The molecule has 3 rings (SSSR count). The molecule has 4 nitrogen and oxygen atoms in total. The van der Waals surface area contributed by atoms with Crippen LogP contribution in [0.15, 0.2) is 42.0 Å². The van der Waals surface area contributed by atoms with E-state index in [9.17, 15) is 18.0 Å². The number of carboxylic acids is 1. The Kier molecular flexibility index (Phi) is 5.76. The van der Waals surface area contributed by atoms with Gasteiger partial charge in [-0.2, -0.15) is 13.2 Å². The maximum Gasteiger partial charge on any atom is 0.396 e. The van der Waals surface area contributed by atoms with Crippen molar-refractivity contribution < 1.29 is 32.5 Å². The van der Waals surface area contributed by atoms with E-state index in [1.165, 1.54) is 18.2 Å². The molecule has 1 unspecified atom stereocenters. The molecule has 1 aliphatic heterocycles. The van der Waals surface area contributed by atoms with Crippen LogP contribution < -0.4 is 9.47 Å². The summed E-state index contributed by atoms with van der Waals surface area (Å²) < 4.78 is 50.9. The van der Waals surface area contributed by atoms with Crippen LogP contribution in [0.3, 0.4) is 0 Å². The number of halogens is 5. The third kappa shape index (κ3) is 4.72. The molecule has 0 saturated carbocycles. The van der Waals surface area contributed by atoms with Gasteiger partial charge in [-0.15, -0.1) is 0 Å². The highest BCUT2D eigenvalue weighted by Crippen LogP contribution is 2.43. The molecular weight excluding hydrogens is 420 g/mol. The number of ether oxygens (including phenoxy) is 2. The zero-order chi connectivity index (χ0) is 20.5. The number of benzene rings is 2. The van der Waals surface area contributed by atoms with E-state index in [-0.39, 0.29) is 27.7 Å². The van der Waals surface area contributed by atoms with E-state index in [0.717, 1.165) is 0 Å². The van der Waals surface area contributed by atoms with Crippen molar-refractivity contribution in [3.8, 4) is 17.2 Å². The van der Waals surface area contributed by atoms with E-state index in [4.69, 9.17) is 37.8 Å². The largest absolute Gasteiger partial charge is 0.487 e. The molecule has 0 fully saturated rings. The molecule has 2 aromatic rings. The summed E-state index contributed by atoms with van der Waals surface area (Å²) in [6.07, 6.45) is -4.55. The van der Waals surface area contributed by atoms with E-state index in [0.29, 0.717) is 10.8 Å². The lowest BCUT2D eigenvalue weighted by Crippen LogP contribution is -2.30. The van der Waals surface area contributed by atoms with Crippen LogP contribution in [-0.2, 0) is 4.79 Å². The number of fused-ring (bicyclic) bond motifs is 1. The van der Waals surface area contributed by atoms with Crippen molar-refractivity contribution in [2.24, 2.45) is 5.92 Å². The van der Waals surface area contributed by atoms with Gasteiger partial charge in [0.25, 0.3) is 0 Å². The molecule has 0 aromatic heterocycles. The first-order chi connectivity index (χ1) is 13.1. The minimum atomic E-state index is -4.72. The summed E-state index contributed by atoms with van der Waals surface area (Å²) >= 11 is 12.0. The molecule has 0 aliphatic carbocycles. The van der Waals surface area contributed by atoms with Gasteiger partial charge in [-0.25, -0.2) is 0 Å². The number of hydrogen-bond acceptors (Lipinski definition) is 3. The molecule has 0 radical (unpaired) electrons. The van der Waals surface area contributed by atoms with Gasteiger partial charge in [0, 0.05) is 16.7 Å². The van der Waals surface area contributed by atoms with E-state index in [1.54, 1.807) is 24.3 Å². The van der Waals surface area contributed by atoms with Crippen LogP contribution in [0.2, 0.25) is 10.0 Å². The van der Waals surface area contributed by atoms with Crippen LogP contribution in [0.1, 0.15) is 12.0 Å². The maximum absolute atomic E-state index is 13.3. The molecule has 28 heavy (non-hydrogen) atoms. The second-order valence-corrected chi connectivity index (χ2v) is 6.92. The molecule has 0 saturated heterocycles. The number of alkyl halides is 3. The Morgan fingerprint density at radius 1 is 1.18 bits per heavy atom. The summed E-state index contributed by atoms with van der Waals surface area (Å²) in [5, 5.41) is 9.51. The Hall–Kier alpha value is -2.38. The SMILES string of the molecule is O=C(O)CC(C1=Cc2cc(Oc3ccc(Cl)cc3)cc(Cl)c2OC1)C(F)(F)F. The summed E-state index contributed by atoms with van der Waals surface area (Å²) in [6, 6.07) is 9.45. The molecule has 0 amide bonds. The summed E-state index contributed by atoms with van der Waals surface area (Å²) in [7, 11) is 0. The van der Waals surface area contributed by atoms with Crippen molar-refractivity contribution in [3.05, 3.63) is 57.6 Å². The molecule has 2 aromatic carbocycles. The van der Waals surface area contributed by atoms with Gasteiger partial charge in [0.1, 0.15) is 23.9 Å². The van der Waals surface area contributed by atoms with Crippen LogP contribution in [0.25, 0.3) is 6.08 Å². The number of hydrogen-bond donors (Lipinski definition) is 1. The second kappa shape index (κ2) is 7.93. The third-order valence-corrected chi connectivity index (χ3v) is 4.57. The Bertz CT molecular complexity index is 924. The van der Waals surface area contributed by atoms with Gasteiger partial charge < -0.3 is 14.6 Å². The highest BCUT2D eigenvalue weighted by Gasteiger charge is 2.44. The summed E-state index contributed by atoms with van der Waals surface area (Å²) in [5.74, 6) is -2.75. The number of rotatable bonds is 5. The zero-order valence-corrected chi connectivity index (χ0v) is 15.6. The Labute approximate surface area is 168 Å². The average Bonchev–Trinajstić information content (AvgIpc) is 2.60. The zero-order valence-electron chi connectivity index (χ0n) is 14.1. The van der Waals surface area contributed by atoms with Crippen molar-refractivity contribution in [3.63, 3.8) is 0 Å². The minimum absolute atomic E-state index is 0.165. The molecular formula is C19H13Cl2F3O4. The molecule has 1 N–H and O–H groups in total. The number of carbonyl (C=O) groups is 1. The van der Waals surface area contributed by atoms with E-state index in [2.05, 4.69) is 0 Å². The van der Waals surface area contributed by atoms with Crippen LogP contribution in [-0.4, -0.2) is 23.9 Å². The lowest BCUT2D eigenvalue weighted by molar-refractivity contribution is -0.174. The van der Waals surface area contributed by atoms with Gasteiger partial charge in [0.15, 0.2) is 0 Å². The van der Waals surface area contributed by atoms with Gasteiger partial charge in [-0.05, 0) is 42.0 Å². The topological polar surface area (TPSA) is 55.8 Å². The van der Waals surface area contributed by atoms with E-state index >= 15 is 0 Å². The minimum Gasteiger partial charge on any atom is -0.487 e. The Balaban J connectivity index is 1.95.